The molecule has 14 heteroatoms. The molecular weight excluding hydrogens is 701 g/mol. The summed E-state index contributed by atoms with van der Waals surface area (Å²) in [6.07, 6.45) is 2.68. The third-order valence-electron chi connectivity index (χ3n) is 10.0. The molecule has 0 spiro atoms. The SMILES string of the molecule is Cc1ccc(-c2ccc(CC(NC(=O)C3CCC(CNC(=O)OC(C)(C)C)CC3)C(=O)Nc3ccc(-c4nn[nH]n4)cc3)cc2)cc1C(=O)N1CCOCC1. The van der Waals surface area contributed by atoms with E-state index in [-0.39, 0.29) is 36.0 Å². The molecule has 290 valence electrons. The van der Waals surface area contributed by atoms with E-state index >= 15 is 0 Å². The standard InChI is InChI=1S/C41H50N8O6/c1-26-5-10-32(24-34(26)39(52)49-19-21-54-22-20-49)29-11-6-27(7-12-29)23-35(38(51)43-33-17-15-30(16-18-33)36-45-47-48-46-36)44-37(50)31-13-8-28(9-14-31)25-42-40(53)55-41(2,3)4/h5-7,10-12,15-18,24,28,31,35H,8-9,13-14,19-23,25H2,1-4H3,(H,42,53)(H,43,51)(H,44,50)(H,45,46,47,48). The molecule has 0 radical (unpaired) electrons. The number of hydrogen-bond donors (Lipinski definition) is 4. The lowest BCUT2D eigenvalue weighted by atomic mass is 9.81. The molecule has 6 rings (SSSR count). The quantitative estimate of drug-likeness (QED) is 0.158. The van der Waals surface area contributed by atoms with Gasteiger partial charge in [-0.15, -0.1) is 10.2 Å². The third kappa shape index (κ3) is 10.7. The Hall–Kier alpha value is -5.63. The number of carbonyl (C=O) groups is 4. The van der Waals surface area contributed by atoms with Gasteiger partial charge in [-0.2, -0.15) is 5.21 Å². The molecule has 2 fully saturated rings. The van der Waals surface area contributed by atoms with Crippen molar-refractivity contribution in [3.63, 3.8) is 0 Å². The van der Waals surface area contributed by atoms with Gasteiger partial charge in [0.15, 0.2) is 0 Å². The number of nitrogens with one attached hydrogen (secondary N) is 4. The second kappa shape index (κ2) is 17.7. The molecule has 55 heavy (non-hydrogen) atoms. The average molecular weight is 751 g/mol. The van der Waals surface area contributed by atoms with Crippen molar-refractivity contribution in [1.82, 2.24) is 36.2 Å². The van der Waals surface area contributed by atoms with Crippen LogP contribution in [0.4, 0.5) is 10.5 Å². The number of aromatic amines is 1. The Labute approximate surface area is 321 Å². The predicted octanol–water partition coefficient (Wildman–Crippen LogP) is 5.31. The smallest absolute Gasteiger partial charge is 0.407 e. The molecule has 1 aliphatic heterocycles. The Balaban J connectivity index is 1.12. The summed E-state index contributed by atoms with van der Waals surface area (Å²) in [4.78, 5) is 54.8. The van der Waals surface area contributed by atoms with Gasteiger partial charge in [0.2, 0.25) is 17.6 Å². The molecule has 1 saturated heterocycles. The molecule has 4 N–H and O–H groups in total. The van der Waals surface area contributed by atoms with Gasteiger partial charge in [0.25, 0.3) is 5.91 Å². The van der Waals surface area contributed by atoms with Gasteiger partial charge in [0, 0.05) is 48.8 Å². The number of anilines is 1. The predicted molar refractivity (Wildman–Crippen MR) is 207 cm³/mol. The first-order valence-corrected chi connectivity index (χ1v) is 18.9. The van der Waals surface area contributed by atoms with Crippen LogP contribution < -0.4 is 16.0 Å². The van der Waals surface area contributed by atoms with Crippen LogP contribution >= 0.6 is 0 Å². The number of ether oxygens (including phenoxy) is 2. The first kappa shape index (κ1) is 39.1. The van der Waals surface area contributed by atoms with E-state index in [1.54, 1.807) is 24.3 Å². The summed E-state index contributed by atoms with van der Waals surface area (Å²) in [7, 11) is 0. The van der Waals surface area contributed by atoms with Gasteiger partial charge >= 0.3 is 6.09 Å². The minimum Gasteiger partial charge on any atom is -0.444 e. The number of carbonyl (C=O) groups excluding carboxylic acids is 4. The lowest BCUT2D eigenvalue weighted by molar-refractivity contribution is -0.130. The summed E-state index contributed by atoms with van der Waals surface area (Å²) in [5, 5.41) is 22.9. The number of amides is 4. The maximum Gasteiger partial charge on any atom is 0.407 e. The molecule has 1 aromatic heterocycles. The van der Waals surface area contributed by atoms with Crippen LogP contribution in [0.3, 0.4) is 0 Å². The molecule has 1 atom stereocenters. The third-order valence-corrected chi connectivity index (χ3v) is 10.0. The van der Waals surface area contributed by atoms with Crippen LogP contribution in [0, 0.1) is 18.8 Å². The van der Waals surface area contributed by atoms with Crippen LogP contribution in [-0.4, -0.2) is 93.8 Å². The maximum atomic E-state index is 13.8. The van der Waals surface area contributed by atoms with Gasteiger partial charge in [-0.1, -0.05) is 36.4 Å². The summed E-state index contributed by atoms with van der Waals surface area (Å²) >= 11 is 0. The maximum absolute atomic E-state index is 13.8. The average Bonchev–Trinajstić information content (AvgIpc) is 3.73. The molecule has 4 amide bonds. The fourth-order valence-corrected chi connectivity index (χ4v) is 6.92. The van der Waals surface area contributed by atoms with Gasteiger partial charge in [0.1, 0.15) is 11.6 Å². The van der Waals surface area contributed by atoms with Crippen molar-refractivity contribution >= 4 is 29.5 Å². The summed E-state index contributed by atoms with van der Waals surface area (Å²) in [6.45, 7) is 10.1. The summed E-state index contributed by atoms with van der Waals surface area (Å²) in [5.74, 6) is -0.0800. The van der Waals surface area contributed by atoms with E-state index in [9.17, 15) is 19.2 Å². The lowest BCUT2D eigenvalue weighted by Gasteiger charge is -2.29. The molecule has 1 aliphatic carbocycles. The number of aromatic nitrogens is 4. The zero-order valence-electron chi connectivity index (χ0n) is 31.9. The molecule has 3 aromatic carbocycles. The van der Waals surface area contributed by atoms with Crippen LogP contribution in [0.5, 0.6) is 0 Å². The minimum absolute atomic E-state index is 0.000676. The number of H-pyrrole nitrogens is 1. The first-order valence-electron chi connectivity index (χ1n) is 18.9. The van der Waals surface area contributed by atoms with Crippen LogP contribution in [0.2, 0.25) is 0 Å². The van der Waals surface area contributed by atoms with E-state index in [1.165, 1.54) is 0 Å². The molecule has 0 bridgehead atoms. The number of tetrazole rings is 1. The second-order valence-electron chi connectivity index (χ2n) is 15.3. The topological polar surface area (TPSA) is 181 Å². The largest absolute Gasteiger partial charge is 0.444 e. The fourth-order valence-electron chi connectivity index (χ4n) is 6.92. The second-order valence-corrected chi connectivity index (χ2v) is 15.3. The lowest BCUT2D eigenvalue weighted by Crippen LogP contribution is -2.48. The Morgan fingerprint density at radius 3 is 2.24 bits per heavy atom. The van der Waals surface area contributed by atoms with E-state index in [1.807, 2.05) is 75.1 Å². The van der Waals surface area contributed by atoms with Crippen molar-refractivity contribution in [2.24, 2.45) is 11.8 Å². The summed E-state index contributed by atoms with van der Waals surface area (Å²) in [6, 6.07) is 20.0. The monoisotopic (exact) mass is 750 g/mol. The molecule has 2 aliphatic rings. The van der Waals surface area contributed by atoms with E-state index in [0.717, 1.165) is 40.7 Å². The van der Waals surface area contributed by atoms with Gasteiger partial charge in [-0.25, -0.2) is 4.79 Å². The van der Waals surface area contributed by atoms with Gasteiger partial charge < -0.3 is 30.3 Å². The van der Waals surface area contributed by atoms with Crippen molar-refractivity contribution in [3.05, 3.63) is 83.4 Å². The zero-order valence-corrected chi connectivity index (χ0v) is 31.9. The van der Waals surface area contributed by atoms with Crippen molar-refractivity contribution in [2.75, 3.05) is 38.2 Å². The van der Waals surface area contributed by atoms with Gasteiger partial charge in [-0.3, -0.25) is 14.4 Å². The van der Waals surface area contributed by atoms with Crippen LogP contribution in [0.1, 0.15) is 67.9 Å². The number of morpholine rings is 1. The zero-order chi connectivity index (χ0) is 39.0. The minimum atomic E-state index is -0.848. The highest BCUT2D eigenvalue weighted by Crippen LogP contribution is 2.29. The molecule has 2 heterocycles. The molecule has 4 aromatic rings. The van der Waals surface area contributed by atoms with E-state index < -0.39 is 17.7 Å². The van der Waals surface area contributed by atoms with Crippen molar-refractivity contribution in [3.8, 4) is 22.5 Å². The van der Waals surface area contributed by atoms with Crippen LogP contribution in [-0.2, 0) is 25.5 Å². The molecular formula is C41H50N8O6. The van der Waals surface area contributed by atoms with Gasteiger partial charge in [0.05, 0.1) is 13.2 Å². The first-order chi connectivity index (χ1) is 26.4. The van der Waals surface area contributed by atoms with E-state index in [0.29, 0.717) is 62.8 Å². The fraction of sp³-hybridized carbons (Fsp3) is 0.439. The van der Waals surface area contributed by atoms with Crippen molar-refractivity contribution < 1.29 is 28.7 Å². The van der Waals surface area contributed by atoms with Crippen molar-refractivity contribution in [1.29, 1.82) is 0 Å². The normalized spacial score (nSPS) is 17.9. The summed E-state index contributed by atoms with van der Waals surface area (Å²) in [5.41, 5.74) is 5.02. The molecule has 1 saturated carbocycles. The number of alkyl carbamates (subject to hydrolysis) is 1. The van der Waals surface area contributed by atoms with E-state index in [4.69, 9.17) is 9.47 Å². The number of aryl methyl sites for hydroxylation is 1. The number of hydrogen-bond acceptors (Lipinski definition) is 9. The number of rotatable bonds is 11. The van der Waals surface area contributed by atoms with Crippen LogP contribution in [0.15, 0.2) is 66.7 Å². The molecule has 1 unspecified atom stereocenters. The highest BCUT2D eigenvalue weighted by atomic mass is 16.6. The number of benzene rings is 3. The Morgan fingerprint density at radius 1 is 0.909 bits per heavy atom. The highest BCUT2D eigenvalue weighted by Gasteiger charge is 2.30. The highest BCUT2D eigenvalue weighted by molar-refractivity contribution is 5.98. The Morgan fingerprint density at radius 2 is 1.58 bits per heavy atom. The van der Waals surface area contributed by atoms with Gasteiger partial charge in [-0.05, 0) is 117 Å². The van der Waals surface area contributed by atoms with Crippen LogP contribution in [0.25, 0.3) is 22.5 Å². The molecule has 14 nitrogen and oxygen atoms in total. The Bertz CT molecular complexity index is 1930. The Kier molecular flexibility index (Phi) is 12.6. The number of nitrogens with zero attached hydrogens (tertiary/aromatic N) is 4. The van der Waals surface area contributed by atoms with E-state index in [2.05, 4.69) is 36.6 Å². The van der Waals surface area contributed by atoms with Crippen molar-refractivity contribution in [2.45, 2.75) is 71.4 Å². The summed E-state index contributed by atoms with van der Waals surface area (Å²) < 4.78 is 10.8.